The lowest BCUT2D eigenvalue weighted by molar-refractivity contribution is -0.132. The van der Waals surface area contributed by atoms with Crippen molar-refractivity contribution in [2.24, 2.45) is 0 Å². The molecule has 0 aliphatic carbocycles. The van der Waals surface area contributed by atoms with E-state index in [1.165, 1.54) is 6.08 Å². The van der Waals surface area contributed by atoms with Gasteiger partial charge in [0.05, 0.1) is 22.2 Å². The molecule has 1 heterocycles. The van der Waals surface area contributed by atoms with Gasteiger partial charge in [0, 0.05) is 16.5 Å². The molecular weight excluding hydrogens is 516 g/mol. The molecule has 0 saturated carbocycles. The van der Waals surface area contributed by atoms with Crippen LogP contribution >= 0.6 is 0 Å². The van der Waals surface area contributed by atoms with Crippen LogP contribution in [0.5, 0.6) is 11.5 Å². The van der Waals surface area contributed by atoms with Crippen LogP contribution in [0.15, 0.2) is 85.4 Å². The Morgan fingerprint density at radius 1 is 0.725 bits per heavy atom. The van der Waals surface area contributed by atoms with Crippen LogP contribution in [-0.2, 0) is 4.79 Å². The van der Waals surface area contributed by atoms with Crippen molar-refractivity contribution in [1.29, 1.82) is 5.26 Å². The summed E-state index contributed by atoms with van der Waals surface area (Å²) in [6.07, 6.45) is 1.24. The number of rotatable bonds is 5. The Labute approximate surface area is 222 Å². The first-order valence-electron chi connectivity index (χ1n) is 11.7. The zero-order valence-electron chi connectivity index (χ0n) is 20.1. The lowest BCUT2D eigenvalue weighted by Crippen LogP contribution is -2.31. The molecule has 0 fully saturated rings. The van der Waals surface area contributed by atoms with Gasteiger partial charge in [0.2, 0.25) is 10.9 Å². The maximum absolute atomic E-state index is 12.1. The number of carboxylic acid groups (broad SMARTS) is 1. The third-order valence-electron chi connectivity index (χ3n) is 6.93. The van der Waals surface area contributed by atoms with Gasteiger partial charge in [-0.3, -0.25) is 19.2 Å². The molecule has 0 radical (unpaired) electrons. The van der Waals surface area contributed by atoms with Crippen molar-refractivity contribution in [2.45, 2.75) is 0 Å². The molecule has 5 aromatic carbocycles. The molecular formula is C30H14N2O8. The number of carboxylic acids is 1. The monoisotopic (exact) mass is 530 g/mol. The van der Waals surface area contributed by atoms with E-state index in [1.807, 2.05) is 4.57 Å². The summed E-state index contributed by atoms with van der Waals surface area (Å²) < 4.78 is 1.86. The third kappa shape index (κ3) is 3.32. The lowest BCUT2D eigenvalue weighted by Gasteiger charge is -2.10. The predicted octanol–water partition coefficient (Wildman–Crippen LogP) is 2.71. The van der Waals surface area contributed by atoms with E-state index < -0.39 is 44.8 Å². The van der Waals surface area contributed by atoms with Gasteiger partial charge in [-0.25, -0.2) is 4.79 Å². The summed E-state index contributed by atoms with van der Waals surface area (Å²) in [6.45, 7) is 0. The van der Waals surface area contributed by atoms with Crippen molar-refractivity contribution in [2.75, 3.05) is 0 Å². The van der Waals surface area contributed by atoms with Gasteiger partial charge in [0.15, 0.2) is 11.5 Å². The standard InChI is InChI=1S/C30H14N2O8/c31-12-16(30(39)40)9-13-1-5-17(6-2-13)32-20-7-3-14(22-24(33)28(37)25(22)34)10-18(20)19-11-15(4-8-21(19)32)23-26(35)29(38)27(23)36/h1-11,33,35H,(H,39,40)/b16-9-. The molecule has 10 nitrogen and oxygen atoms in total. The summed E-state index contributed by atoms with van der Waals surface area (Å²) in [6, 6.07) is 18.1. The van der Waals surface area contributed by atoms with Crippen LogP contribution in [0, 0.1) is 11.3 Å². The maximum Gasteiger partial charge on any atom is 0.346 e. The molecule has 0 aliphatic heterocycles. The topological polar surface area (TPSA) is 175 Å². The zero-order chi connectivity index (χ0) is 28.5. The summed E-state index contributed by atoms with van der Waals surface area (Å²) in [5.74, 6) is -2.59. The van der Waals surface area contributed by atoms with Gasteiger partial charge in [-0.1, -0.05) is 24.3 Å². The number of benzene rings is 3. The van der Waals surface area contributed by atoms with Gasteiger partial charge in [-0.2, -0.15) is 5.26 Å². The minimum atomic E-state index is -1.35. The molecule has 3 N–H and O–H groups in total. The Morgan fingerprint density at radius 3 is 1.60 bits per heavy atom. The molecule has 1 aromatic heterocycles. The number of carbonyl (C=O) groups is 1. The van der Waals surface area contributed by atoms with Gasteiger partial charge >= 0.3 is 5.97 Å². The quantitative estimate of drug-likeness (QED) is 0.172. The summed E-state index contributed by atoms with van der Waals surface area (Å²) in [7, 11) is 0. The SMILES string of the molecule is N#C/C(=C/c1ccc(-n2c3ccc(-c4c(O)c(=O)c4=O)cc3c3cc(-c4c(O)c(=O)c4=O)ccc32)cc1)C(=O)O. The van der Waals surface area contributed by atoms with E-state index in [-0.39, 0.29) is 11.1 Å². The fourth-order valence-electron chi connectivity index (χ4n) is 4.94. The average Bonchev–Trinajstić information content (AvgIpc) is 3.29. The highest BCUT2D eigenvalue weighted by atomic mass is 16.4. The highest BCUT2D eigenvalue weighted by Gasteiger charge is 2.25. The number of hydrogen-bond donors (Lipinski definition) is 3. The van der Waals surface area contributed by atoms with E-state index in [0.29, 0.717) is 44.2 Å². The molecule has 0 aliphatic rings. The van der Waals surface area contributed by atoms with Crippen molar-refractivity contribution >= 4 is 33.9 Å². The van der Waals surface area contributed by atoms with Crippen LogP contribution < -0.4 is 21.7 Å². The second-order valence-corrected chi connectivity index (χ2v) is 9.13. The Morgan fingerprint density at radius 2 is 1.20 bits per heavy atom. The fourth-order valence-corrected chi connectivity index (χ4v) is 4.94. The van der Waals surface area contributed by atoms with E-state index in [9.17, 15) is 34.2 Å². The van der Waals surface area contributed by atoms with E-state index in [0.717, 1.165) is 0 Å². The smallest absolute Gasteiger partial charge is 0.346 e. The van der Waals surface area contributed by atoms with Crippen molar-refractivity contribution in [1.82, 2.24) is 4.57 Å². The first-order valence-corrected chi connectivity index (χ1v) is 11.7. The third-order valence-corrected chi connectivity index (χ3v) is 6.93. The van der Waals surface area contributed by atoms with Crippen LogP contribution in [0.25, 0.3) is 55.8 Å². The molecule has 0 bridgehead atoms. The van der Waals surface area contributed by atoms with Crippen molar-refractivity contribution in [3.8, 4) is 45.5 Å². The number of hydrogen-bond acceptors (Lipinski definition) is 8. The number of aromatic hydroxyl groups is 2. The highest BCUT2D eigenvalue weighted by Crippen LogP contribution is 2.38. The van der Waals surface area contributed by atoms with E-state index in [1.54, 1.807) is 66.7 Å². The van der Waals surface area contributed by atoms with Crippen molar-refractivity contribution in [3.05, 3.63) is 113 Å². The Kier molecular flexibility index (Phi) is 5.14. The van der Waals surface area contributed by atoms with Gasteiger partial charge < -0.3 is 19.9 Å². The molecule has 6 rings (SSSR count). The van der Waals surface area contributed by atoms with Crippen molar-refractivity contribution in [3.63, 3.8) is 0 Å². The first-order chi connectivity index (χ1) is 19.1. The minimum Gasteiger partial charge on any atom is -0.503 e. The molecule has 10 heteroatoms. The highest BCUT2D eigenvalue weighted by molar-refractivity contribution is 6.12. The largest absolute Gasteiger partial charge is 0.503 e. The van der Waals surface area contributed by atoms with Crippen LogP contribution in [-0.4, -0.2) is 25.9 Å². The van der Waals surface area contributed by atoms with Crippen LogP contribution in [0.2, 0.25) is 0 Å². The predicted molar refractivity (Wildman–Crippen MR) is 146 cm³/mol. The minimum absolute atomic E-state index is 0.105. The number of nitrogens with zero attached hydrogens (tertiary/aromatic N) is 2. The number of aliphatic carboxylic acids is 1. The molecule has 40 heavy (non-hydrogen) atoms. The lowest BCUT2D eigenvalue weighted by atomic mass is 9.96. The number of nitriles is 1. The molecule has 0 saturated heterocycles. The number of aromatic nitrogens is 1. The summed E-state index contributed by atoms with van der Waals surface area (Å²) in [5.41, 5.74) is -1.12. The second kappa shape index (κ2) is 8.47. The summed E-state index contributed by atoms with van der Waals surface area (Å²) in [4.78, 5) is 58.7. The van der Waals surface area contributed by atoms with E-state index in [2.05, 4.69) is 0 Å². The van der Waals surface area contributed by atoms with Gasteiger partial charge in [0.1, 0.15) is 11.6 Å². The normalized spacial score (nSPS) is 11.9. The van der Waals surface area contributed by atoms with Gasteiger partial charge in [0.25, 0.3) is 10.9 Å². The summed E-state index contributed by atoms with van der Waals surface area (Å²) in [5, 5.41) is 39.3. The van der Waals surface area contributed by atoms with E-state index in [4.69, 9.17) is 10.4 Å². The molecule has 0 spiro atoms. The molecule has 0 amide bonds. The fraction of sp³-hybridized carbons (Fsp3) is 0. The Hall–Kier alpha value is -6.08. The number of fused-ring (bicyclic) bond motifs is 3. The maximum atomic E-state index is 12.1. The van der Waals surface area contributed by atoms with Crippen LogP contribution in [0.3, 0.4) is 0 Å². The van der Waals surface area contributed by atoms with E-state index >= 15 is 0 Å². The van der Waals surface area contributed by atoms with Crippen LogP contribution in [0.1, 0.15) is 5.56 Å². The van der Waals surface area contributed by atoms with Gasteiger partial charge in [-0.05, 0) is 59.2 Å². The van der Waals surface area contributed by atoms with Crippen LogP contribution in [0.4, 0.5) is 0 Å². The zero-order valence-corrected chi connectivity index (χ0v) is 20.1. The Bertz CT molecular complexity index is 2180. The Balaban J connectivity index is 1.60. The first kappa shape index (κ1) is 24.3. The molecule has 192 valence electrons. The average molecular weight is 530 g/mol. The molecule has 0 atom stereocenters. The second-order valence-electron chi connectivity index (χ2n) is 9.13. The molecule has 0 unspecified atom stereocenters. The molecule has 6 aromatic rings. The summed E-state index contributed by atoms with van der Waals surface area (Å²) >= 11 is 0. The van der Waals surface area contributed by atoms with Gasteiger partial charge in [-0.15, -0.1) is 0 Å². The van der Waals surface area contributed by atoms with Crippen molar-refractivity contribution < 1.29 is 20.1 Å².